The summed E-state index contributed by atoms with van der Waals surface area (Å²) in [6.45, 7) is 2.16. The van der Waals surface area contributed by atoms with Crippen molar-refractivity contribution in [3.05, 3.63) is 59.5 Å². The molecule has 0 atom stereocenters. The van der Waals surface area contributed by atoms with Crippen molar-refractivity contribution in [2.45, 2.75) is 32.6 Å². The molecular formula is C16H18O2. The first kappa shape index (κ1) is 12.6. The van der Waals surface area contributed by atoms with Gasteiger partial charge in [-0.25, -0.2) is 0 Å². The van der Waals surface area contributed by atoms with Gasteiger partial charge in [-0.1, -0.05) is 43.7 Å². The molecule has 0 N–H and O–H groups in total. The fourth-order valence-electron chi connectivity index (χ4n) is 1.89. The minimum atomic E-state index is 0.104. The van der Waals surface area contributed by atoms with Gasteiger partial charge in [0.2, 0.25) is 0 Å². The molecule has 1 heterocycles. The molecule has 2 nitrogen and oxygen atoms in total. The van der Waals surface area contributed by atoms with Gasteiger partial charge in [0.15, 0.2) is 5.78 Å². The number of Topliss-reactive ketones (excluding diaryl/α,β-unsaturated/α-hetero) is 1. The molecule has 94 valence electrons. The third-order valence-electron chi connectivity index (χ3n) is 2.92. The van der Waals surface area contributed by atoms with Crippen LogP contribution in [0.3, 0.4) is 0 Å². The molecule has 2 heteroatoms. The van der Waals surface area contributed by atoms with Gasteiger partial charge in [0.05, 0.1) is 6.42 Å². The number of furan rings is 1. The van der Waals surface area contributed by atoms with Gasteiger partial charge < -0.3 is 4.42 Å². The number of unbranched alkanes of at least 4 members (excludes halogenated alkanes) is 1. The topological polar surface area (TPSA) is 30.2 Å². The van der Waals surface area contributed by atoms with Crippen molar-refractivity contribution in [2.24, 2.45) is 0 Å². The molecule has 2 rings (SSSR count). The summed E-state index contributed by atoms with van der Waals surface area (Å²) in [5, 5.41) is 0. The van der Waals surface area contributed by atoms with Crippen molar-refractivity contribution in [3.8, 4) is 0 Å². The molecule has 0 saturated heterocycles. The van der Waals surface area contributed by atoms with Crippen LogP contribution < -0.4 is 0 Å². The fourth-order valence-corrected chi connectivity index (χ4v) is 1.89. The lowest BCUT2D eigenvalue weighted by Crippen LogP contribution is -2.02. The molecule has 1 aromatic heterocycles. The number of hydrogen-bond acceptors (Lipinski definition) is 2. The molecule has 0 aliphatic carbocycles. The smallest absolute Gasteiger partial charge is 0.170 e. The lowest BCUT2D eigenvalue weighted by molar-refractivity contribution is 0.0986. The lowest BCUT2D eigenvalue weighted by atomic mass is 10.1. The minimum Gasteiger partial charge on any atom is -0.466 e. The van der Waals surface area contributed by atoms with Crippen molar-refractivity contribution in [1.29, 1.82) is 0 Å². The summed E-state index contributed by atoms with van der Waals surface area (Å²) in [4.78, 5) is 12.0. The summed E-state index contributed by atoms with van der Waals surface area (Å²) in [6.07, 6.45) is 3.57. The van der Waals surface area contributed by atoms with Crippen molar-refractivity contribution >= 4 is 5.78 Å². The Morgan fingerprint density at radius 1 is 1.06 bits per heavy atom. The molecule has 0 amide bonds. The molecule has 0 aliphatic rings. The van der Waals surface area contributed by atoms with Crippen molar-refractivity contribution < 1.29 is 9.21 Å². The fraction of sp³-hybridized carbons (Fsp3) is 0.312. The van der Waals surface area contributed by atoms with E-state index < -0.39 is 0 Å². The van der Waals surface area contributed by atoms with E-state index in [1.807, 2.05) is 42.5 Å². The number of rotatable bonds is 6. The Morgan fingerprint density at radius 3 is 2.50 bits per heavy atom. The lowest BCUT2D eigenvalue weighted by Gasteiger charge is -1.98. The average Bonchev–Trinajstić information content (AvgIpc) is 2.85. The molecular weight excluding hydrogens is 224 g/mol. The summed E-state index contributed by atoms with van der Waals surface area (Å²) >= 11 is 0. The van der Waals surface area contributed by atoms with Crippen LogP contribution in [0.15, 0.2) is 46.9 Å². The molecule has 1 aromatic carbocycles. The van der Waals surface area contributed by atoms with E-state index >= 15 is 0 Å². The summed E-state index contributed by atoms with van der Waals surface area (Å²) in [7, 11) is 0. The van der Waals surface area contributed by atoms with Gasteiger partial charge >= 0.3 is 0 Å². The van der Waals surface area contributed by atoms with Crippen molar-refractivity contribution in [1.82, 2.24) is 0 Å². The number of carbonyl (C=O) groups is 1. The summed E-state index contributed by atoms with van der Waals surface area (Å²) in [5.41, 5.74) is 0.740. The number of hydrogen-bond donors (Lipinski definition) is 0. The van der Waals surface area contributed by atoms with Gasteiger partial charge in [-0.3, -0.25) is 4.79 Å². The first-order valence-electron chi connectivity index (χ1n) is 6.45. The maximum absolute atomic E-state index is 12.0. The zero-order valence-corrected chi connectivity index (χ0v) is 10.7. The normalized spacial score (nSPS) is 10.5. The van der Waals surface area contributed by atoms with Crippen LogP contribution in [0.2, 0.25) is 0 Å². The summed E-state index contributed by atoms with van der Waals surface area (Å²) < 4.78 is 5.66. The molecule has 0 radical (unpaired) electrons. The van der Waals surface area contributed by atoms with Gasteiger partial charge in [-0.05, 0) is 18.6 Å². The highest BCUT2D eigenvalue weighted by Gasteiger charge is 2.09. The van der Waals surface area contributed by atoms with Crippen LogP contribution in [0.1, 0.15) is 41.6 Å². The monoisotopic (exact) mass is 242 g/mol. The van der Waals surface area contributed by atoms with Crippen LogP contribution in [0.5, 0.6) is 0 Å². The maximum atomic E-state index is 12.0. The second kappa shape index (κ2) is 6.20. The number of aryl methyl sites for hydroxylation is 1. The first-order chi connectivity index (χ1) is 8.79. The average molecular weight is 242 g/mol. The van der Waals surface area contributed by atoms with Gasteiger partial charge in [-0.15, -0.1) is 0 Å². The van der Waals surface area contributed by atoms with E-state index in [4.69, 9.17) is 4.42 Å². The predicted octanol–water partition coefficient (Wildman–Crippen LogP) is 4.05. The Hall–Kier alpha value is -1.83. The van der Waals surface area contributed by atoms with Crippen LogP contribution in [0.25, 0.3) is 0 Å². The standard InChI is InChI=1S/C16H18O2/c1-2-3-9-14-10-11-15(18-14)12-16(17)13-7-5-4-6-8-13/h4-8,10-11H,2-3,9,12H2,1H3. The quantitative estimate of drug-likeness (QED) is 0.715. The van der Waals surface area contributed by atoms with E-state index in [1.165, 1.54) is 0 Å². The molecule has 0 spiro atoms. The molecule has 2 aromatic rings. The van der Waals surface area contributed by atoms with Crippen LogP contribution in [-0.4, -0.2) is 5.78 Å². The maximum Gasteiger partial charge on any atom is 0.170 e. The van der Waals surface area contributed by atoms with E-state index in [0.29, 0.717) is 6.42 Å². The summed E-state index contributed by atoms with van der Waals surface area (Å²) in [6, 6.07) is 13.2. The Labute approximate surface area is 108 Å². The Kier molecular flexibility index (Phi) is 4.35. The van der Waals surface area contributed by atoms with Gasteiger partial charge in [0, 0.05) is 12.0 Å². The zero-order chi connectivity index (χ0) is 12.8. The van der Waals surface area contributed by atoms with Crippen molar-refractivity contribution in [2.75, 3.05) is 0 Å². The zero-order valence-electron chi connectivity index (χ0n) is 10.7. The number of benzene rings is 1. The Morgan fingerprint density at radius 2 is 1.78 bits per heavy atom. The van der Waals surface area contributed by atoms with E-state index in [0.717, 1.165) is 36.3 Å². The van der Waals surface area contributed by atoms with Crippen molar-refractivity contribution in [3.63, 3.8) is 0 Å². The SMILES string of the molecule is CCCCc1ccc(CC(=O)c2ccccc2)o1. The van der Waals surface area contributed by atoms with Crippen LogP contribution in [0.4, 0.5) is 0 Å². The largest absolute Gasteiger partial charge is 0.466 e. The summed E-state index contributed by atoms with van der Waals surface area (Å²) in [5.74, 6) is 1.84. The van der Waals surface area contributed by atoms with Crippen LogP contribution in [-0.2, 0) is 12.8 Å². The number of ketones is 1. The second-order valence-corrected chi connectivity index (χ2v) is 4.44. The third kappa shape index (κ3) is 3.33. The van der Waals surface area contributed by atoms with Crippen LogP contribution >= 0.6 is 0 Å². The number of carbonyl (C=O) groups excluding carboxylic acids is 1. The molecule has 0 fully saturated rings. The molecule has 0 saturated carbocycles. The molecule has 0 aliphatic heterocycles. The van der Waals surface area contributed by atoms with E-state index in [-0.39, 0.29) is 5.78 Å². The highest BCUT2D eigenvalue weighted by atomic mass is 16.3. The second-order valence-electron chi connectivity index (χ2n) is 4.44. The highest BCUT2D eigenvalue weighted by molar-refractivity contribution is 5.97. The van der Waals surface area contributed by atoms with E-state index in [9.17, 15) is 4.79 Å². The van der Waals surface area contributed by atoms with Crippen LogP contribution in [0, 0.1) is 0 Å². The molecule has 0 unspecified atom stereocenters. The molecule has 0 bridgehead atoms. The van der Waals surface area contributed by atoms with E-state index in [1.54, 1.807) is 0 Å². The van der Waals surface area contributed by atoms with Gasteiger partial charge in [0.25, 0.3) is 0 Å². The third-order valence-corrected chi connectivity index (χ3v) is 2.92. The minimum absolute atomic E-state index is 0.104. The Bertz CT molecular complexity index is 497. The van der Waals surface area contributed by atoms with E-state index in [2.05, 4.69) is 6.92 Å². The predicted molar refractivity (Wildman–Crippen MR) is 71.8 cm³/mol. The first-order valence-corrected chi connectivity index (χ1v) is 6.45. The van der Waals surface area contributed by atoms with Gasteiger partial charge in [0.1, 0.15) is 11.5 Å². The highest BCUT2D eigenvalue weighted by Crippen LogP contribution is 2.13. The molecule has 18 heavy (non-hydrogen) atoms. The van der Waals surface area contributed by atoms with Gasteiger partial charge in [-0.2, -0.15) is 0 Å². The Balaban J connectivity index is 1.97.